The van der Waals surface area contributed by atoms with Gasteiger partial charge < -0.3 is 4.74 Å². The summed E-state index contributed by atoms with van der Waals surface area (Å²) in [5.41, 5.74) is 0.928. The summed E-state index contributed by atoms with van der Waals surface area (Å²) in [6.07, 6.45) is 3.00. The minimum absolute atomic E-state index is 0.00233. The molecule has 0 saturated heterocycles. The van der Waals surface area contributed by atoms with Crippen LogP contribution in [0.1, 0.15) is 43.6 Å². The maximum absolute atomic E-state index is 11.5. The summed E-state index contributed by atoms with van der Waals surface area (Å²) in [4.78, 5) is 22.7. The van der Waals surface area contributed by atoms with E-state index in [9.17, 15) is 9.59 Å². The van der Waals surface area contributed by atoms with Crippen molar-refractivity contribution in [1.29, 1.82) is 0 Å². The Bertz CT molecular complexity index is 479. The summed E-state index contributed by atoms with van der Waals surface area (Å²) in [7, 11) is 0. The van der Waals surface area contributed by atoms with Crippen molar-refractivity contribution >= 4 is 17.8 Å². The van der Waals surface area contributed by atoms with Crippen LogP contribution in [0.4, 0.5) is 0 Å². The number of esters is 1. The molecule has 0 aromatic heterocycles. The van der Waals surface area contributed by atoms with Crippen molar-refractivity contribution in [3.05, 3.63) is 41.5 Å². The Labute approximate surface area is 107 Å². The van der Waals surface area contributed by atoms with E-state index in [1.165, 1.54) is 13.0 Å². The van der Waals surface area contributed by atoms with Gasteiger partial charge in [-0.1, -0.05) is 18.2 Å². The molecule has 1 rings (SSSR count). The number of carbonyl (C=O) groups is 2. The molecule has 0 amide bonds. The van der Waals surface area contributed by atoms with Crippen LogP contribution in [0, 0.1) is 0 Å². The first-order valence-electron chi connectivity index (χ1n) is 5.80. The molecular weight excluding hydrogens is 228 g/mol. The van der Waals surface area contributed by atoms with Gasteiger partial charge in [0.15, 0.2) is 5.78 Å². The van der Waals surface area contributed by atoms with E-state index in [4.69, 9.17) is 4.74 Å². The molecule has 3 nitrogen and oxygen atoms in total. The molecule has 0 aliphatic rings. The largest absolute Gasteiger partial charge is 0.457 e. The molecule has 0 N–H and O–H groups in total. The number of Topliss-reactive ketones (excluding diaryl/α,β-unsaturated/α-hetero) is 1. The van der Waals surface area contributed by atoms with E-state index in [2.05, 4.69) is 0 Å². The second kappa shape index (κ2) is 5.63. The lowest BCUT2D eigenvalue weighted by atomic mass is 10.1. The number of ether oxygens (including phenoxy) is 1. The van der Waals surface area contributed by atoms with E-state index in [1.807, 2.05) is 26.8 Å². The lowest BCUT2D eigenvalue weighted by Crippen LogP contribution is -2.22. The molecule has 0 radical (unpaired) electrons. The summed E-state index contributed by atoms with van der Waals surface area (Å²) >= 11 is 0. The third-order valence-electron chi connectivity index (χ3n) is 2.11. The Morgan fingerprint density at radius 3 is 2.44 bits per heavy atom. The quantitative estimate of drug-likeness (QED) is 0.467. The average molecular weight is 246 g/mol. The molecule has 0 fully saturated rings. The van der Waals surface area contributed by atoms with Crippen LogP contribution in [0.5, 0.6) is 0 Å². The molecule has 0 saturated carbocycles. The van der Waals surface area contributed by atoms with Crippen molar-refractivity contribution in [1.82, 2.24) is 0 Å². The number of hydrogen-bond acceptors (Lipinski definition) is 3. The fraction of sp³-hybridized carbons (Fsp3) is 0.333. The van der Waals surface area contributed by atoms with Gasteiger partial charge in [0.1, 0.15) is 5.60 Å². The van der Waals surface area contributed by atoms with Gasteiger partial charge in [0.2, 0.25) is 0 Å². The molecule has 96 valence electrons. The van der Waals surface area contributed by atoms with Gasteiger partial charge in [-0.25, -0.2) is 4.79 Å². The fourth-order valence-corrected chi connectivity index (χ4v) is 1.36. The van der Waals surface area contributed by atoms with Crippen molar-refractivity contribution in [2.24, 2.45) is 0 Å². The second-order valence-electron chi connectivity index (χ2n) is 5.05. The highest BCUT2D eigenvalue weighted by Crippen LogP contribution is 2.10. The van der Waals surface area contributed by atoms with Gasteiger partial charge >= 0.3 is 5.97 Å². The number of hydrogen-bond donors (Lipinski definition) is 0. The smallest absolute Gasteiger partial charge is 0.331 e. The van der Waals surface area contributed by atoms with Gasteiger partial charge in [0.25, 0.3) is 0 Å². The highest BCUT2D eigenvalue weighted by molar-refractivity contribution is 5.95. The van der Waals surface area contributed by atoms with Gasteiger partial charge in [0, 0.05) is 11.6 Å². The van der Waals surface area contributed by atoms with Crippen molar-refractivity contribution < 1.29 is 14.3 Å². The van der Waals surface area contributed by atoms with Crippen LogP contribution < -0.4 is 0 Å². The summed E-state index contributed by atoms with van der Waals surface area (Å²) in [5, 5.41) is 0. The van der Waals surface area contributed by atoms with E-state index in [0.717, 1.165) is 5.56 Å². The minimum atomic E-state index is -0.497. The maximum atomic E-state index is 11.5. The third-order valence-corrected chi connectivity index (χ3v) is 2.11. The van der Waals surface area contributed by atoms with Crippen molar-refractivity contribution in [2.45, 2.75) is 33.3 Å². The zero-order valence-electron chi connectivity index (χ0n) is 11.2. The molecule has 1 aromatic carbocycles. The van der Waals surface area contributed by atoms with Crippen LogP contribution in [0.2, 0.25) is 0 Å². The molecule has 0 bridgehead atoms. The number of rotatable bonds is 3. The van der Waals surface area contributed by atoms with Gasteiger partial charge in [-0.05, 0) is 45.4 Å². The monoisotopic (exact) mass is 246 g/mol. The molecule has 0 atom stereocenters. The SMILES string of the molecule is CC(=O)c1cccc(C=CC(=O)OC(C)(C)C)c1. The van der Waals surface area contributed by atoms with E-state index in [1.54, 1.807) is 24.3 Å². The first kappa shape index (κ1) is 14.2. The van der Waals surface area contributed by atoms with E-state index in [-0.39, 0.29) is 5.78 Å². The number of ketones is 1. The Morgan fingerprint density at radius 2 is 1.89 bits per heavy atom. The normalized spacial score (nSPS) is 11.6. The van der Waals surface area contributed by atoms with E-state index < -0.39 is 11.6 Å². The number of benzene rings is 1. The van der Waals surface area contributed by atoms with Crippen molar-refractivity contribution in [3.63, 3.8) is 0 Å². The third kappa shape index (κ3) is 4.95. The molecule has 0 aliphatic heterocycles. The summed E-state index contributed by atoms with van der Waals surface area (Å²) in [6.45, 7) is 6.95. The number of carbonyl (C=O) groups excluding carboxylic acids is 2. The Kier molecular flexibility index (Phi) is 4.43. The van der Waals surface area contributed by atoms with Gasteiger partial charge in [-0.2, -0.15) is 0 Å². The molecule has 0 aliphatic carbocycles. The maximum Gasteiger partial charge on any atom is 0.331 e. The average Bonchev–Trinajstić information content (AvgIpc) is 2.24. The first-order valence-corrected chi connectivity index (χ1v) is 5.80. The Morgan fingerprint density at radius 1 is 1.22 bits per heavy atom. The highest BCUT2D eigenvalue weighted by Gasteiger charge is 2.13. The van der Waals surface area contributed by atoms with Crippen LogP contribution in [0.15, 0.2) is 30.3 Å². The zero-order chi connectivity index (χ0) is 13.8. The fourth-order valence-electron chi connectivity index (χ4n) is 1.36. The molecule has 1 aromatic rings. The van der Waals surface area contributed by atoms with Crippen molar-refractivity contribution in [3.8, 4) is 0 Å². The summed E-state index contributed by atoms with van der Waals surface area (Å²) in [6, 6.07) is 7.09. The summed E-state index contributed by atoms with van der Waals surface area (Å²) < 4.78 is 5.14. The predicted molar refractivity (Wildman–Crippen MR) is 71.3 cm³/mol. The van der Waals surface area contributed by atoms with Gasteiger partial charge in [-0.3, -0.25) is 4.79 Å². The predicted octanol–water partition coefficient (Wildman–Crippen LogP) is 3.24. The minimum Gasteiger partial charge on any atom is -0.457 e. The van der Waals surface area contributed by atoms with E-state index >= 15 is 0 Å². The highest BCUT2D eigenvalue weighted by atomic mass is 16.6. The lowest BCUT2D eigenvalue weighted by molar-refractivity contribution is -0.148. The molecule has 3 heteroatoms. The van der Waals surface area contributed by atoms with Gasteiger partial charge in [-0.15, -0.1) is 0 Å². The summed E-state index contributed by atoms with van der Waals surface area (Å²) in [5.74, 6) is -0.391. The van der Waals surface area contributed by atoms with Gasteiger partial charge in [0.05, 0.1) is 0 Å². The lowest BCUT2D eigenvalue weighted by Gasteiger charge is -2.17. The zero-order valence-corrected chi connectivity index (χ0v) is 11.2. The molecule has 0 unspecified atom stereocenters. The molecule has 0 spiro atoms. The van der Waals surface area contributed by atoms with Crippen LogP contribution in [-0.4, -0.2) is 17.4 Å². The Hall–Kier alpha value is -1.90. The topological polar surface area (TPSA) is 43.4 Å². The van der Waals surface area contributed by atoms with E-state index in [0.29, 0.717) is 5.56 Å². The standard InChI is InChI=1S/C15H18O3/c1-11(16)13-7-5-6-12(10-13)8-9-14(17)18-15(2,3)4/h5-10H,1-4H3. The van der Waals surface area contributed by atoms with Crippen LogP contribution >= 0.6 is 0 Å². The molecule has 0 heterocycles. The van der Waals surface area contributed by atoms with Crippen LogP contribution in [-0.2, 0) is 9.53 Å². The second-order valence-corrected chi connectivity index (χ2v) is 5.05. The van der Waals surface area contributed by atoms with Crippen LogP contribution in [0.25, 0.3) is 6.08 Å². The van der Waals surface area contributed by atoms with Crippen LogP contribution in [0.3, 0.4) is 0 Å². The van der Waals surface area contributed by atoms with Crippen molar-refractivity contribution in [2.75, 3.05) is 0 Å². The molecule has 18 heavy (non-hydrogen) atoms. The Balaban J connectivity index is 2.76. The molecular formula is C15H18O3. The first-order chi connectivity index (χ1) is 8.28.